The molecule has 5 nitrogen and oxygen atoms in total. The van der Waals surface area contributed by atoms with Gasteiger partial charge in [-0.25, -0.2) is 4.39 Å². The Balaban J connectivity index is 2.30. The third-order valence-electron chi connectivity index (χ3n) is 2.84. The number of methoxy groups -OCH3 is 1. The highest BCUT2D eigenvalue weighted by atomic mass is 19.1. The Hall–Kier alpha value is -1.66. The van der Waals surface area contributed by atoms with Gasteiger partial charge in [-0.15, -0.1) is 0 Å². The summed E-state index contributed by atoms with van der Waals surface area (Å²) in [5.74, 6) is 0.106. The van der Waals surface area contributed by atoms with Crippen LogP contribution in [0.15, 0.2) is 24.3 Å². The van der Waals surface area contributed by atoms with E-state index in [2.05, 4.69) is 0 Å². The molecule has 0 aliphatic carbocycles. The largest absolute Gasteiger partial charge is 0.492 e. The number of hydrogen-bond donors (Lipinski definition) is 1. The van der Waals surface area contributed by atoms with Gasteiger partial charge >= 0.3 is 0 Å². The second-order valence-electron chi connectivity index (χ2n) is 4.45. The van der Waals surface area contributed by atoms with Gasteiger partial charge in [0.15, 0.2) is 0 Å². The van der Waals surface area contributed by atoms with Crippen LogP contribution in [-0.4, -0.2) is 50.8 Å². The van der Waals surface area contributed by atoms with Crippen LogP contribution in [0.3, 0.4) is 0 Å². The van der Waals surface area contributed by atoms with E-state index in [1.807, 2.05) is 0 Å². The molecule has 0 bridgehead atoms. The molecular weight excluding hydrogens is 263 g/mol. The maximum Gasteiger partial charge on any atom is 0.239 e. The van der Waals surface area contributed by atoms with E-state index in [0.717, 1.165) is 0 Å². The van der Waals surface area contributed by atoms with E-state index < -0.39 is 6.04 Å². The summed E-state index contributed by atoms with van der Waals surface area (Å²) in [5, 5.41) is 0. The van der Waals surface area contributed by atoms with Crippen LogP contribution in [0.1, 0.15) is 6.42 Å². The average molecular weight is 284 g/mol. The molecule has 1 aromatic carbocycles. The molecule has 0 spiro atoms. The van der Waals surface area contributed by atoms with Crippen molar-refractivity contribution in [1.82, 2.24) is 4.90 Å². The number of ether oxygens (including phenoxy) is 2. The first-order chi connectivity index (χ1) is 9.54. The van der Waals surface area contributed by atoms with Crippen LogP contribution in [-0.2, 0) is 9.53 Å². The summed E-state index contributed by atoms with van der Waals surface area (Å²) in [6.45, 7) is 1.19. The molecular formula is C14H21FN2O3. The molecule has 0 radical (unpaired) electrons. The molecule has 1 unspecified atom stereocenters. The first-order valence-electron chi connectivity index (χ1n) is 6.42. The SMILES string of the molecule is COCCC(N)C(=O)N(C)CCOc1ccc(F)cc1. The zero-order chi connectivity index (χ0) is 15.0. The molecule has 0 heterocycles. The fourth-order valence-corrected chi connectivity index (χ4v) is 1.59. The molecule has 0 aliphatic heterocycles. The van der Waals surface area contributed by atoms with Gasteiger partial charge in [0, 0.05) is 20.8 Å². The minimum atomic E-state index is -0.564. The Labute approximate surface area is 118 Å². The highest BCUT2D eigenvalue weighted by Gasteiger charge is 2.17. The highest BCUT2D eigenvalue weighted by molar-refractivity contribution is 5.81. The quantitative estimate of drug-likeness (QED) is 0.774. The standard InChI is InChI=1S/C14H21FN2O3/c1-17(14(18)13(16)7-9-19-2)8-10-20-12-5-3-11(15)4-6-12/h3-6,13H,7-10,16H2,1-2H3. The molecule has 0 aliphatic rings. The Kier molecular flexibility index (Phi) is 6.97. The summed E-state index contributed by atoms with van der Waals surface area (Å²) >= 11 is 0. The van der Waals surface area contributed by atoms with E-state index in [-0.39, 0.29) is 11.7 Å². The lowest BCUT2D eigenvalue weighted by atomic mass is 10.2. The number of benzene rings is 1. The number of nitrogens with two attached hydrogens (primary N) is 1. The third kappa shape index (κ3) is 5.54. The van der Waals surface area contributed by atoms with Crippen molar-refractivity contribution in [1.29, 1.82) is 0 Å². The number of carbonyl (C=O) groups excluding carboxylic acids is 1. The van der Waals surface area contributed by atoms with Gasteiger partial charge in [-0.3, -0.25) is 4.79 Å². The van der Waals surface area contributed by atoms with Crippen molar-refractivity contribution in [3.05, 3.63) is 30.1 Å². The van der Waals surface area contributed by atoms with Crippen LogP contribution < -0.4 is 10.5 Å². The summed E-state index contributed by atoms with van der Waals surface area (Å²) in [5.41, 5.74) is 5.75. The minimum Gasteiger partial charge on any atom is -0.492 e. The van der Waals surface area contributed by atoms with Gasteiger partial charge in [0.2, 0.25) is 5.91 Å². The second-order valence-corrected chi connectivity index (χ2v) is 4.45. The molecule has 1 aromatic rings. The lowest BCUT2D eigenvalue weighted by Crippen LogP contribution is -2.43. The molecule has 6 heteroatoms. The van der Waals surface area contributed by atoms with E-state index in [1.54, 1.807) is 26.3 Å². The van der Waals surface area contributed by atoms with Gasteiger partial charge in [0.1, 0.15) is 18.2 Å². The fraction of sp³-hybridized carbons (Fsp3) is 0.500. The first-order valence-corrected chi connectivity index (χ1v) is 6.42. The monoisotopic (exact) mass is 284 g/mol. The number of amides is 1. The van der Waals surface area contributed by atoms with E-state index in [9.17, 15) is 9.18 Å². The van der Waals surface area contributed by atoms with E-state index in [4.69, 9.17) is 15.2 Å². The lowest BCUT2D eigenvalue weighted by Gasteiger charge is -2.21. The van der Waals surface area contributed by atoms with Crippen LogP contribution in [0.2, 0.25) is 0 Å². The molecule has 0 saturated carbocycles. The number of carbonyl (C=O) groups is 1. The number of likely N-dealkylation sites (N-methyl/N-ethyl adjacent to an activating group) is 1. The fourth-order valence-electron chi connectivity index (χ4n) is 1.59. The summed E-state index contributed by atoms with van der Waals surface area (Å²) in [4.78, 5) is 13.4. The van der Waals surface area contributed by atoms with Gasteiger partial charge in [0.25, 0.3) is 0 Å². The van der Waals surface area contributed by atoms with Crippen molar-refractivity contribution in [2.45, 2.75) is 12.5 Å². The summed E-state index contributed by atoms with van der Waals surface area (Å²) in [6, 6.07) is 5.17. The van der Waals surface area contributed by atoms with Gasteiger partial charge < -0.3 is 20.1 Å². The number of hydrogen-bond acceptors (Lipinski definition) is 4. The van der Waals surface area contributed by atoms with Crippen molar-refractivity contribution in [2.24, 2.45) is 5.73 Å². The predicted molar refractivity (Wildman–Crippen MR) is 74.0 cm³/mol. The van der Waals surface area contributed by atoms with E-state index in [0.29, 0.717) is 31.9 Å². The Morgan fingerprint density at radius 1 is 1.35 bits per heavy atom. The maximum atomic E-state index is 12.7. The normalized spacial score (nSPS) is 12.0. The van der Waals surface area contributed by atoms with Crippen molar-refractivity contribution in [3.8, 4) is 5.75 Å². The first kappa shape index (κ1) is 16.4. The topological polar surface area (TPSA) is 64.8 Å². The molecule has 1 amide bonds. The Bertz CT molecular complexity index is 411. The summed E-state index contributed by atoms with van der Waals surface area (Å²) < 4.78 is 23.0. The van der Waals surface area contributed by atoms with Crippen molar-refractivity contribution >= 4 is 5.91 Å². The zero-order valence-corrected chi connectivity index (χ0v) is 11.8. The van der Waals surface area contributed by atoms with Gasteiger partial charge in [-0.1, -0.05) is 0 Å². The van der Waals surface area contributed by atoms with Gasteiger partial charge in [0.05, 0.1) is 12.6 Å². The van der Waals surface area contributed by atoms with Crippen molar-refractivity contribution < 1.29 is 18.7 Å². The number of halogens is 1. The van der Waals surface area contributed by atoms with Gasteiger partial charge in [-0.05, 0) is 30.7 Å². The highest BCUT2D eigenvalue weighted by Crippen LogP contribution is 2.10. The zero-order valence-electron chi connectivity index (χ0n) is 11.8. The molecule has 1 atom stereocenters. The average Bonchev–Trinajstić information content (AvgIpc) is 2.45. The Morgan fingerprint density at radius 3 is 2.60 bits per heavy atom. The van der Waals surface area contributed by atoms with Crippen LogP contribution in [0.5, 0.6) is 5.75 Å². The molecule has 1 rings (SSSR count). The van der Waals surface area contributed by atoms with Crippen LogP contribution in [0, 0.1) is 5.82 Å². The molecule has 0 saturated heterocycles. The maximum absolute atomic E-state index is 12.7. The molecule has 0 fully saturated rings. The lowest BCUT2D eigenvalue weighted by molar-refractivity contribution is -0.132. The number of nitrogens with zero attached hydrogens (tertiary/aromatic N) is 1. The van der Waals surface area contributed by atoms with Gasteiger partial charge in [-0.2, -0.15) is 0 Å². The second kappa shape index (κ2) is 8.50. The van der Waals surface area contributed by atoms with Crippen LogP contribution >= 0.6 is 0 Å². The third-order valence-corrected chi connectivity index (χ3v) is 2.84. The molecule has 2 N–H and O–H groups in total. The van der Waals surface area contributed by atoms with Crippen LogP contribution in [0.25, 0.3) is 0 Å². The van der Waals surface area contributed by atoms with Crippen molar-refractivity contribution in [3.63, 3.8) is 0 Å². The molecule has 112 valence electrons. The summed E-state index contributed by atoms with van der Waals surface area (Å²) in [6.07, 6.45) is 0.485. The van der Waals surface area contributed by atoms with E-state index >= 15 is 0 Å². The molecule has 20 heavy (non-hydrogen) atoms. The van der Waals surface area contributed by atoms with Crippen LogP contribution in [0.4, 0.5) is 4.39 Å². The Morgan fingerprint density at radius 2 is 2.00 bits per heavy atom. The van der Waals surface area contributed by atoms with Crippen molar-refractivity contribution in [2.75, 3.05) is 33.9 Å². The predicted octanol–water partition coefficient (Wildman–Crippen LogP) is 1.03. The molecule has 0 aromatic heterocycles. The summed E-state index contributed by atoms with van der Waals surface area (Å²) in [7, 11) is 3.24. The van der Waals surface area contributed by atoms with E-state index in [1.165, 1.54) is 17.0 Å². The smallest absolute Gasteiger partial charge is 0.239 e. The number of rotatable bonds is 8. The minimum absolute atomic E-state index is 0.148.